The van der Waals surface area contributed by atoms with Crippen molar-refractivity contribution >= 4 is 21.8 Å². The van der Waals surface area contributed by atoms with Crippen molar-refractivity contribution in [2.45, 2.75) is 37.9 Å². The number of hydrogen-bond donors (Lipinski definition) is 2. The number of thioether (sulfide) groups is 1. The van der Waals surface area contributed by atoms with Gasteiger partial charge in [0.05, 0.1) is 6.20 Å². The van der Waals surface area contributed by atoms with Crippen molar-refractivity contribution in [2.24, 2.45) is 0 Å². The van der Waals surface area contributed by atoms with E-state index in [4.69, 9.17) is 0 Å². The van der Waals surface area contributed by atoms with Crippen molar-refractivity contribution in [3.63, 3.8) is 0 Å². The zero-order valence-corrected chi connectivity index (χ0v) is 14.1. The van der Waals surface area contributed by atoms with Crippen molar-refractivity contribution in [2.75, 3.05) is 25.6 Å². The zero-order chi connectivity index (χ0) is 15.2. The Kier molecular flexibility index (Phi) is 7.01. The van der Waals surface area contributed by atoms with Gasteiger partial charge in [-0.25, -0.2) is 8.42 Å². The van der Waals surface area contributed by atoms with Gasteiger partial charge in [0.2, 0.25) is 0 Å². The van der Waals surface area contributed by atoms with Crippen LogP contribution in [0, 0.1) is 0 Å². The zero-order valence-electron chi connectivity index (χ0n) is 12.5. The molecule has 0 radical (unpaired) electrons. The highest BCUT2D eigenvalue weighted by Crippen LogP contribution is 2.21. The average molecular weight is 320 g/mol. The fourth-order valence-corrected chi connectivity index (χ4v) is 4.39. The van der Waals surface area contributed by atoms with Crippen molar-refractivity contribution < 1.29 is 8.42 Å². The van der Waals surface area contributed by atoms with Crippen LogP contribution in [0.4, 0.5) is 0 Å². The van der Waals surface area contributed by atoms with E-state index in [1.54, 1.807) is 25.0 Å². The lowest BCUT2D eigenvalue weighted by atomic mass is 10.3. The highest BCUT2D eigenvalue weighted by atomic mass is 32.2. The van der Waals surface area contributed by atoms with Gasteiger partial charge in [0.25, 0.3) is 10.0 Å². The van der Waals surface area contributed by atoms with Gasteiger partial charge in [0.1, 0.15) is 0 Å². The number of nitrogens with zero attached hydrogens (tertiary/aromatic N) is 2. The number of hydrogen-bond acceptors (Lipinski definition) is 5. The van der Waals surface area contributed by atoms with Crippen LogP contribution in [0.2, 0.25) is 0 Å². The summed E-state index contributed by atoms with van der Waals surface area (Å²) in [7, 11) is -1.89. The summed E-state index contributed by atoms with van der Waals surface area (Å²) in [5.41, 5.74) is 0.678. The Balaban J connectivity index is 3.00. The van der Waals surface area contributed by atoms with Gasteiger partial charge in [-0.2, -0.15) is 21.2 Å². The second kappa shape index (κ2) is 8.02. The van der Waals surface area contributed by atoms with Crippen LogP contribution in [0.15, 0.2) is 11.2 Å². The van der Waals surface area contributed by atoms with Gasteiger partial charge in [-0.1, -0.05) is 13.8 Å². The summed E-state index contributed by atoms with van der Waals surface area (Å²) in [5, 5.41) is 9.83. The lowest BCUT2D eigenvalue weighted by molar-refractivity contribution is 0.383. The summed E-state index contributed by atoms with van der Waals surface area (Å²) in [4.78, 5) is 0. The molecule has 0 saturated heterocycles. The second-order valence-corrected chi connectivity index (χ2v) is 7.39. The summed E-state index contributed by atoms with van der Waals surface area (Å²) < 4.78 is 26.8. The largest absolute Gasteiger partial charge is 0.313 e. The standard InChI is InChI=1S/C12H24N4O2S2/c1-5-11(9-19-4)16(3)20(17,18)12-10(7-13-6-2)8-14-15-12/h8,11,13H,5-7,9H2,1-4H3,(H,14,15). The molecule has 0 aliphatic carbocycles. The first-order valence-corrected chi connectivity index (χ1v) is 9.52. The minimum Gasteiger partial charge on any atom is -0.313 e. The van der Waals surface area contributed by atoms with E-state index in [0.717, 1.165) is 18.7 Å². The van der Waals surface area contributed by atoms with E-state index >= 15 is 0 Å². The molecule has 0 aliphatic rings. The average Bonchev–Trinajstić information content (AvgIpc) is 2.90. The molecule has 20 heavy (non-hydrogen) atoms. The highest BCUT2D eigenvalue weighted by Gasteiger charge is 2.30. The topological polar surface area (TPSA) is 78.1 Å². The number of H-pyrrole nitrogens is 1. The molecule has 0 aliphatic heterocycles. The molecular formula is C12H24N4O2S2. The Bertz CT molecular complexity index is 501. The number of rotatable bonds is 9. The third-order valence-corrected chi connectivity index (χ3v) is 5.87. The molecule has 1 rings (SSSR count). The number of sulfonamides is 1. The normalized spacial score (nSPS) is 13.8. The van der Waals surface area contributed by atoms with Crippen LogP contribution in [-0.4, -0.2) is 54.6 Å². The Hall–Kier alpha value is -0.570. The SMILES string of the molecule is CCNCc1cn[nH]c1S(=O)(=O)N(C)C(CC)CSC. The van der Waals surface area contributed by atoms with Crippen LogP contribution in [0.25, 0.3) is 0 Å². The van der Waals surface area contributed by atoms with Crippen LogP contribution >= 0.6 is 11.8 Å². The van der Waals surface area contributed by atoms with Gasteiger partial charge >= 0.3 is 0 Å². The number of aromatic nitrogens is 2. The summed E-state index contributed by atoms with van der Waals surface area (Å²) in [6.45, 7) is 5.25. The van der Waals surface area contributed by atoms with Gasteiger partial charge in [0, 0.05) is 31.0 Å². The first-order chi connectivity index (χ1) is 9.48. The molecule has 0 saturated carbocycles. The maximum atomic E-state index is 12.7. The predicted molar refractivity (Wildman–Crippen MR) is 83.4 cm³/mol. The van der Waals surface area contributed by atoms with E-state index in [-0.39, 0.29) is 11.1 Å². The van der Waals surface area contributed by atoms with Gasteiger partial charge in [-0.3, -0.25) is 5.10 Å². The number of nitrogens with one attached hydrogen (secondary N) is 2. The van der Waals surface area contributed by atoms with Crippen molar-refractivity contribution in [3.8, 4) is 0 Å². The van der Waals surface area contributed by atoms with Gasteiger partial charge in [0.15, 0.2) is 5.03 Å². The third kappa shape index (κ3) is 3.97. The molecule has 1 aromatic rings. The monoisotopic (exact) mass is 320 g/mol. The fourth-order valence-electron chi connectivity index (χ4n) is 1.92. The maximum Gasteiger partial charge on any atom is 0.260 e. The molecule has 116 valence electrons. The highest BCUT2D eigenvalue weighted by molar-refractivity contribution is 7.98. The first kappa shape index (κ1) is 17.5. The molecule has 0 spiro atoms. The Morgan fingerprint density at radius 2 is 2.20 bits per heavy atom. The lowest BCUT2D eigenvalue weighted by Gasteiger charge is -2.25. The van der Waals surface area contributed by atoms with E-state index in [1.165, 1.54) is 4.31 Å². The molecular weight excluding hydrogens is 296 g/mol. The van der Waals surface area contributed by atoms with Crippen LogP contribution in [-0.2, 0) is 16.6 Å². The molecule has 0 amide bonds. The van der Waals surface area contributed by atoms with Crippen LogP contribution in [0.5, 0.6) is 0 Å². The maximum absolute atomic E-state index is 12.7. The summed E-state index contributed by atoms with van der Waals surface area (Å²) in [6, 6.07) is -0.00900. The Labute approximate surface area is 125 Å². The van der Waals surface area contributed by atoms with Crippen LogP contribution < -0.4 is 5.32 Å². The molecule has 2 N–H and O–H groups in total. The number of aromatic amines is 1. The van der Waals surface area contributed by atoms with E-state index in [9.17, 15) is 8.42 Å². The summed E-state index contributed by atoms with van der Waals surface area (Å²) in [5.74, 6) is 0.781. The van der Waals surface area contributed by atoms with Gasteiger partial charge < -0.3 is 5.32 Å². The van der Waals surface area contributed by atoms with E-state index < -0.39 is 10.0 Å². The molecule has 8 heteroatoms. The summed E-state index contributed by atoms with van der Waals surface area (Å²) in [6.07, 6.45) is 4.34. The molecule has 1 heterocycles. The van der Waals surface area contributed by atoms with Crippen molar-refractivity contribution in [3.05, 3.63) is 11.8 Å². The van der Waals surface area contributed by atoms with Crippen molar-refractivity contribution in [1.82, 2.24) is 19.8 Å². The molecule has 0 aromatic carbocycles. The van der Waals surface area contributed by atoms with Crippen LogP contribution in [0.3, 0.4) is 0 Å². The van der Waals surface area contributed by atoms with Gasteiger partial charge in [-0.15, -0.1) is 0 Å². The fraction of sp³-hybridized carbons (Fsp3) is 0.750. The van der Waals surface area contributed by atoms with Gasteiger partial charge in [-0.05, 0) is 19.2 Å². The van der Waals surface area contributed by atoms with Crippen LogP contribution in [0.1, 0.15) is 25.8 Å². The van der Waals surface area contributed by atoms with Crippen molar-refractivity contribution in [1.29, 1.82) is 0 Å². The smallest absolute Gasteiger partial charge is 0.260 e. The molecule has 0 bridgehead atoms. The quantitative estimate of drug-likeness (QED) is 0.717. The molecule has 1 atom stereocenters. The third-order valence-electron chi connectivity index (χ3n) is 3.23. The first-order valence-electron chi connectivity index (χ1n) is 6.68. The second-order valence-electron chi connectivity index (χ2n) is 4.54. The Morgan fingerprint density at radius 1 is 1.50 bits per heavy atom. The van der Waals surface area contributed by atoms with E-state index in [1.807, 2.05) is 20.1 Å². The molecule has 0 fully saturated rings. The summed E-state index contributed by atoms with van der Waals surface area (Å²) >= 11 is 1.65. The lowest BCUT2D eigenvalue weighted by Crippen LogP contribution is -2.39. The molecule has 1 unspecified atom stereocenters. The minimum absolute atomic E-state index is 0.00900. The Morgan fingerprint density at radius 3 is 2.75 bits per heavy atom. The molecule has 1 aromatic heterocycles. The minimum atomic E-state index is -3.53. The predicted octanol–water partition coefficient (Wildman–Crippen LogP) is 1.28. The molecule has 6 nitrogen and oxygen atoms in total. The van der Waals surface area contributed by atoms with E-state index in [2.05, 4.69) is 15.5 Å². The van der Waals surface area contributed by atoms with E-state index in [0.29, 0.717) is 12.1 Å².